The highest BCUT2D eigenvalue weighted by Gasteiger charge is 2.27. The minimum absolute atomic E-state index is 0.00997. The zero-order chi connectivity index (χ0) is 18.1. The predicted molar refractivity (Wildman–Crippen MR) is 90.9 cm³/mol. The lowest BCUT2D eigenvalue weighted by Gasteiger charge is -2.08. The number of benzene rings is 2. The van der Waals surface area contributed by atoms with Crippen LogP contribution >= 0.6 is 0 Å². The first-order valence-corrected chi connectivity index (χ1v) is 7.81. The first-order chi connectivity index (χ1) is 11.9. The van der Waals surface area contributed by atoms with Gasteiger partial charge in [0.05, 0.1) is 5.92 Å². The van der Waals surface area contributed by atoms with E-state index in [4.69, 9.17) is 4.74 Å². The van der Waals surface area contributed by atoms with Crippen LogP contribution in [-0.2, 0) is 9.53 Å². The Bertz CT molecular complexity index is 887. The lowest BCUT2D eigenvalue weighted by Crippen LogP contribution is -2.14. The molecule has 0 aliphatic carbocycles. The fourth-order valence-electron chi connectivity index (χ4n) is 2.70. The smallest absolute Gasteiger partial charge is 0.342 e. The van der Waals surface area contributed by atoms with Gasteiger partial charge in [-0.1, -0.05) is 6.07 Å². The van der Waals surface area contributed by atoms with Crippen LogP contribution in [0.1, 0.15) is 44.7 Å². The molecule has 1 atom stereocenters. The minimum Gasteiger partial charge on any atom is -0.507 e. The summed E-state index contributed by atoms with van der Waals surface area (Å²) in [6, 6.07) is 9.45. The lowest BCUT2D eigenvalue weighted by molar-refractivity contribution is -0.116. The summed E-state index contributed by atoms with van der Waals surface area (Å²) < 4.78 is 5.00. The number of esters is 1. The molecule has 1 aliphatic heterocycles. The van der Waals surface area contributed by atoms with Crippen LogP contribution in [0.2, 0.25) is 0 Å². The average Bonchev–Trinajstić information content (AvgIpc) is 2.86. The number of carbonyl (C=O) groups excluding carboxylic acids is 3. The first-order valence-electron chi connectivity index (χ1n) is 7.81. The number of Topliss-reactive ketones (excluding diaryl/α,β-unsaturated/α-hetero) is 1. The van der Waals surface area contributed by atoms with Gasteiger partial charge in [0.1, 0.15) is 11.3 Å². The minimum atomic E-state index is -0.766. The van der Waals surface area contributed by atoms with E-state index in [1.165, 1.54) is 12.1 Å². The van der Waals surface area contributed by atoms with Gasteiger partial charge in [-0.2, -0.15) is 0 Å². The Kier molecular flexibility index (Phi) is 4.27. The number of carbonyl (C=O) groups is 3. The van der Waals surface area contributed by atoms with Crippen molar-refractivity contribution < 1.29 is 24.2 Å². The second-order valence-electron chi connectivity index (χ2n) is 6.03. The first kappa shape index (κ1) is 16.7. The van der Waals surface area contributed by atoms with E-state index in [2.05, 4.69) is 5.32 Å². The van der Waals surface area contributed by atoms with Gasteiger partial charge >= 0.3 is 5.97 Å². The number of hydrogen-bond donors (Lipinski definition) is 2. The summed E-state index contributed by atoms with van der Waals surface area (Å²) in [6.45, 7) is 3.10. The van der Waals surface area contributed by atoms with Crippen molar-refractivity contribution in [3.05, 3.63) is 58.7 Å². The number of rotatable bonds is 4. The molecule has 0 bridgehead atoms. The molecule has 1 aliphatic rings. The Hall–Kier alpha value is -3.15. The largest absolute Gasteiger partial charge is 0.507 e. The van der Waals surface area contributed by atoms with Crippen LogP contribution in [0.3, 0.4) is 0 Å². The summed E-state index contributed by atoms with van der Waals surface area (Å²) in [5.41, 5.74) is 2.62. The normalized spacial score (nSPS) is 15.4. The highest BCUT2D eigenvalue weighted by atomic mass is 16.5. The van der Waals surface area contributed by atoms with Gasteiger partial charge in [0.25, 0.3) is 0 Å². The predicted octanol–water partition coefficient (Wildman–Crippen LogP) is 2.80. The summed E-state index contributed by atoms with van der Waals surface area (Å²) in [5.74, 6) is -1.77. The topological polar surface area (TPSA) is 92.7 Å². The summed E-state index contributed by atoms with van der Waals surface area (Å²) in [5, 5.41) is 12.5. The maximum absolute atomic E-state index is 12.3. The maximum Gasteiger partial charge on any atom is 0.342 e. The van der Waals surface area contributed by atoms with Crippen molar-refractivity contribution in [2.75, 3.05) is 11.9 Å². The highest BCUT2D eigenvalue weighted by molar-refractivity contribution is 6.05. The van der Waals surface area contributed by atoms with E-state index in [1.54, 1.807) is 38.1 Å². The number of fused-ring (bicyclic) bond motifs is 1. The summed E-state index contributed by atoms with van der Waals surface area (Å²) >= 11 is 0. The number of nitrogens with one attached hydrogen (secondary N) is 1. The zero-order valence-electron chi connectivity index (χ0n) is 13.8. The van der Waals surface area contributed by atoms with Gasteiger partial charge in [-0.3, -0.25) is 9.59 Å². The number of phenols is 1. The van der Waals surface area contributed by atoms with Gasteiger partial charge in [-0.05, 0) is 55.3 Å². The molecule has 0 unspecified atom stereocenters. The van der Waals surface area contributed by atoms with Gasteiger partial charge in [-0.25, -0.2) is 4.79 Å². The van der Waals surface area contributed by atoms with E-state index in [1.807, 2.05) is 0 Å². The fraction of sp³-hybridized carbons (Fsp3) is 0.211. The summed E-state index contributed by atoms with van der Waals surface area (Å²) in [4.78, 5) is 35.9. The second kappa shape index (κ2) is 6.39. The standard InChI is InChI=1S/C19H17NO5/c1-10-3-5-13(16(21)7-10)19(24)25-9-17(22)12-4-6-15-14(8-12)11(2)18(23)20-15/h3-8,11,21H,9H2,1-2H3,(H,20,23)/t11-/m1/s1. The maximum atomic E-state index is 12.3. The molecule has 2 aromatic rings. The van der Waals surface area contributed by atoms with Crippen LogP contribution in [0.5, 0.6) is 5.75 Å². The molecular weight excluding hydrogens is 322 g/mol. The molecule has 128 valence electrons. The quantitative estimate of drug-likeness (QED) is 0.660. The Labute approximate surface area is 144 Å². The zero-order valence-corrected chi connectivity index (χ0v) is 13.8. The number of amides is 1. The van der Waals surface area contributed by atoms with Crippen LogP contribution in [0.15, 0.2) is 36.4 Å². The number of aryl methyl sites for hydroxylation is 1. The summed E-state index contributed by atoms with van der Waals surface area (Å²) in [7, 11) is 0. The Balaban J connectivity index is 1.69. The van der Waals surface area contributed by atoms with Crippen molar-refractivity contribution >= 4 is 23.3 Å². The Morgan fingerprint density at radius 1 is 1.20 bits per heavy atom. The molecule has 1 heterocycles. The molecule has 0 saturated carbocycles. The van der Waals surface area contributed by atoms with Gasteiger partial charge in [0, 0.05) is 11.3 Å². The Morgan fingerprint density at radius 3 is 2.68 bits per heavy atom. The molecule has 6 nitrogen and oxygen atoms in total. The van der Waals surface area contributed by atoms with Crippen molar-refractivity contribution in [2.45, 2.75) is 19.8 Å². The third-order valence-corrected chi connectivity index (χ3v) is 4.20. The van der Waals surface area contributed by atoms with Gasteiger partial charge < -0.3 is 15.2 Å². The van der Waals surface area contributed by atoms with Gasteiger partial charge in [0.15, 0.2) is 12.4 Å². The number of aromatic hydroxyl groups is 1. The van der Waals surface area contributed by atoms with E-state index in [0.29, 0.717) is 11.3 Å². The fourth-order valence-corrected chi connectivity index (χ4v) is 2.70. The van der Waals surface area contributed by atoms with Gasteiger partial charge in [0.2, 0.25) is 5.91 Å². The molecule has 1 amide bonds. The van der Waals surface area contributed by atoms with E-state index < -0.39 is 12.6 Å². The van der Waals surface area contributed by atoms with Crippen molar-refractivity contribution in [3.8, 4) is 5.75 Å². The SMILES string of the molecule is Cc1ccc(C(=O)OCC(=O)c2ccc3c(c2)[C@@H](C)C(=O)N3)c(O)c1. The molecule has 0 saturated heterocycles. The third-order valence-electron chi connectivity index (χ3n) is 4.20. The van der Waals surface area contributed by atoms with E-state index >= 15 is 0 Å². The van der Waals surface area contributed by atoms with Crippen LogP contribution in [0.4, 0.5) is 5.69 Å². The molecule has 3 rings (SSSR count). The number of anilines is 1. The number of phenolic OH excluding ortho intramolecular Hbond substituents is 1. The van der Waals surface area contributed by atoms with Crippen LogP contribution in [-0.4, -0.2) is 29.4 Å². The van der Waals surface area contributed by atoms with Crippen molar-refractivity contribution in [3.63, 3.8) is 0 Å². The number of hydrogen-bond acceptors (Lipinski definition) is 5. The van der Waals surface area contributed by atoms with Gasteiger partial charge in [-0.15, -0.1) is 0 Å². The van der Waals surface area contributed by atoms with Crippen LogP contribution in [0, 0.1) is 6.92 Å². The second-order valence-corrected chi connectivity index (χ2v) is 6.03. The molecule has 0 aromatic heterocycles. The monoisotopic (exact) mass is 339 g/mol. The Morgan fingerprint density at radius 2 is 1.96 bits per heavy atom. The lowest BCUT2D eigenvalue weighted by atomic mass is 9.99. The van der Waals surface area contributed by atoms with Crippen molar-refractivity contribution in [2.24, 2.45) is 0 Å². The van der Waals surface area contributed by atoms with Crippen LogP contribution < -0.4 is 5.32 Å². The molecule has 6 heteroatoms. The van der Waals surface area contributed by atoms with E-state index in [-0.39, 0.29) is 28.9 Å². The molecule has 0 spiro atoms. The molecule has 2 aromatic carbocycles. The number of ether oxygens (including phenoxy) is 1. The van der Waals surface area contributed by atoms with Crippen LogP contribution in [0.25, 0.3) is 0 Å². The third kappa shape index (κ3) is 3.24. The highest BCUT2D eigenvalue weighted by Crippen LogP contribution is 2.32. The molecule has 0 radical (unpaired) electrons. The van der Waals surface area contributed by atoms with E-state index in [0.717, 1.165) is 11.1 Å². The molecule has 2 N–H and O–H groups in total. The molecular formula is C19H17NO5. The van der Waals surface area contributed by atoms with E-state index in [9.17, 15) is 19.5 Å². The van der Waals surface area contributed by atoms with Crippen molar-refractivity contribution in [1.29, 1.82) is 0 Å². The summed E-state index contributed by atoms with van der Waals surface area (Å²) in [6.07, 6.45) is 0. The molecule has 25 heavy (non-hydrogen) atoms. The van der Waals surface area contributed by atoms with Crippen molar-refractivity contribution in [1.82, 2.24) is 0 Å². The number of ketones is 1. The molecule has 0 fully saturated rings. The average molecular weight is 339 g/mol.